The summed E-state index contributed by atoms with van der Waals surface area (Å²) in [5.41, 5.74) is 5.92. The van der Waals surface area contributed by atoms with E-state index in [1.807, 2.05) is 11.4 Å². The minimum absolute atomic E-state index is 0.395. The molecule has 0 aliphatic rings. The number of hydrogen-bond donors (Lipinski definition) is 1. The fraction of sp³-hybridized carbons (Fsp3) is 0. The maximum Gasteiger partial charge on any atom is 0.277 e. The van der Waals surface area contributed by atoms with Gasteiger partial charge in [-0.3, -0.25) is 4.79 Å². The molecule has 0 saturated heterocycles. The molecule has 2 aromatic rings. The van der Waals surface area contributed by atoms with E-state index in [4.69, 9.17) is 5.73 Å². The van der Waals surface area contributed by atoms with Crippen LogP contribution in [0.5, 0.6) is 0 Å². The van der Waals surface area contributed by atoms with E-state index < -0.39 is 5.91 Å². The van der Waals surface area contributed by atoms with Crippen LogP contribution < -0.4 is 5.73 Å². The lowest BCUT2D eigenvalue weighted by molar-refractivity contribution is 0.1000. The molecule has 2 rings (SSSR count). The second-order valence-corrected chi connectivity index (χ2v) is 4.15. The van der Waals surface area contributed by atoms with Crippen molar-refractivity contribution >= 4 is 38.1 Å². The molecule has 1 amide bonds. The SMILES string of the molecule is NC(=O)c1nc2ccsc2s1. The van der Waals surface area contributed by atoms with Crippen molar-refractivity contribution in [3.8, 4) is 0 Å². The minimum Gasteiger partial charge on any atom is -0.364 e. The van der Waals surface area contributed by atoms with Gasteiger partial charge in [0.2, 0.25) is 0 Å². The van der Waals surface area contributed by atoms with Crippen LogP contribution in [0.1, 0.15) is 9.80 Å². The molecule has 0 radical (unpaired) electrons. The summed E-state index contributed by atoms with van der Waals surface area (Å²) < 4.78 is 1.05. The molecule has 0 aliphatic carbocycles. The number of carbonyl (C=O) groups excluding carboxylic acids is 1. The molecule has 3 nitrogen and oxygen atoms in total. The van der Waals surface area contributed by atoms with Crippen LogP contribution in [0.25, 0.3) is 9.53 Å². The highest BCUT2D eigenvalue weighted by atomic mass is 32.2. The fourth-order valence-corrected chi connectivity index (χ4v) is 2.56. The van der Waals surface area contributed by atoms with Gasteiger partial charge in [-0.25, -0.2) is 4.98 Å². The van der Waals surface area contributed by atoms with Crippen molar-refractivity contribution in [1.29, 1.82) is 0 Å². The summed E-state index contributed by atoms with van der Waals surface area (Å²) in [4.78, 5) is 14.7. The number of thiazole rings is 1. The van der Waals surface area contributed by atoms with E-state index >= 15 is 0 Å². The summed E-state index contributed by atoms with van der Waals surface area (Å²) in [5, 5.41) is 2.34. The van der Waals surface area contributed by atoms with Gasteiger partial charge in [-0.1, -0.05) is 11.3 Å². The van der Waals surface area contributed by atoms with Crippen molar-refractivity contribution in [2.75, 3.05) is 0 Å². The lowest BCUT2D eigenvalue weighted by Gasteiger charge is -1.80. The number of primary amides is 1. The second kappa shape index (κ2) is 2.28. The number of nitrogens with two attached hydrogens (primary N) is 1. The Morgan fingerprint density at radius 3 is 3.09 bits per heavy atom. The second-order valence-electron chi connectivity index (χ2n) is 1.98. The Morgan fingerprint density at radius 1 is 1.64 bits per heavy atom. The lowest BCUT2D eigenvalue weighted by Crippen LogP contribution is -2.09. The van der Waals surface area contributed by atoms with Gasteiger partial charge >= 0.3 is 0 Å². The molecule has 0 unspecified atom stereocenters. The fourth-order valence-electron chi connectivity index (χ4n) is 0.773. The number of rotatable bonds is 1. The average Bonchev–Trinajstić information content (AvgIpc) is 2.40. The summed E-state index contributed by atoms with van der Waals surface area (Å²) >= 11 is 2.92. The zero-order valence-corrected chi connectivity index (χ0v) is 7.04. The third-order valence-corrected chi connectivity index (χ3v) is 3.35. The Hall–Kier alpha value is -0.940. The van der Waals surface area contributed by atoms with Crippen LogP contribution in [-0.4, -0.2) is 10.9 Å². The highest BCUT2D eigenvalue weighted by molar-refractivity contribution is 7.38. The topological polar surface area (TPSA) is 56.0 Å². The van der Waals surface area contributed by atoms with Gasteiger partial charge in [0.1, 0.15) is 4.01 Å². The number of amides is 1. The van der Waals surface area contributed by atoms with Gasteiger partial charge in [-0.15, -0.1) is 11.3 Å². The number of nitrogens with zero attached hydrogens (tertiary/aromatic N) is 1. The highest BCUT2D eigenvalue weighted by Crippen LogP contribution is 2.26. The average molecular weight is 184 g/mol. The first kappa shape index (κ1) is 6.75. The first-order chi connectivity index (χ1) is 5.27. The van der Waals surface area contributed by atoms with E-state index in [0.29, 0.717) is 5.01 Å². The van der Waals surface area contributed by atoms with Gasteiger partial charge in [-0.05, 0) is 11.4 Å². The van der Waals surface area contributed by atoms with Gasteiger partial charge in [0.05, 0.1) is 5.52 Å². The predicted molar refractivity (Wildman–Crippen MR) is 46.0 cm³/mol. The van der Waals surface area contributed by atoms with Crippen molar-refractivity contribution in [2.24, 2.45) is 5.73 Å². The van der Waals surface area contributed by atoms with Gasteiger partial charge in [0.15, 0.2) is 5.01 Å². The maximum atomic E-state index is 10.6. The van der Waals surface area contributed by atoms with Crippen LogP contribution >= 0.6 is 22.7 Å². The number of hydrogen-bond acceptors (Lipinski definition) is 4. The minimum atomic E-state index is -0.446. The standard InChI is InChI=1S/C6H4N2OS2/c7-4(9)5-8-3-1-2-10-6(3)11-5/h1-2H,(H2,7,9). The van der Waals surface area contributed by atoms with Crippen LogP contribution in [0, 0.1) is 0 Å². The molecule has 0 atom stereocenters. The summed E-state index contributed by atoms with van der Waals surface area (Å²) in [6, 6.07) is 1.88. The van der Waals surface area contributed by atoms with E-state index in [0.717, 1.165) is 9.53 Å². The summed E-state index contributed by atoms with van der Waals surface area (Å²) in [6.07, 6.45) is 0. The van der Waals surface area contributed by atoms with Crippen LogP contribution in [0.4, 0.5) is 0 Å². The van der Waals surface area contributed by atoms with Gasteiger partial charge in [0, 0.05) is 0 Å². The van der Waals surface area contributed by atoms with Crippen molar-refractivity contribution in [3.05, 3.63) is 16.5 Å². The highest BCUT2D eigenvalue weighted by Gasteiger charge is 2.08. The molecule has 2 N–H and O–H groups in total. The Labute approximate surface area is 70.5 Å². The van der Waals surface area contributed by atoms with E-state index in [1.165, 1.54) is 11.3 Å². The van der Waals surface area contributed by atoms with Crippen molar-refractivity contribution in [3.63, 3.8) is 0 Å². The largest absolute Gasteiger partial charge is 0.364 e. The number of carbonyl (C=O) groups is 1. The van der Waals surface area contributed by atoms with Crippen molar-refractivity contribution in [2.45, 2.75) is 0 Å². The number of fused-ring (bicyclic) bond motifs is 1. The Bertz CT molecular complexity index is 375. The number of thiophene rings is 1. The zero-order chi connectivity index (χ0) is 7.84. The molecule has 0 fully saturated rings. The summed E-state index contributed by atoms with van der Waals surface area (Å²) in [5.74, 6) is -0.446. The first-order valence-corrected chi connectivity index (χ1v) is 4.61. The first-order valence-electron chi connectivity index (χ1n) is 2.91. The van der Waals surface area contributed by atoms with E-state index in [-0.39, 0.29) is 0 Å². The Balaban J connectivity index is 2.67. The quantitative estimate of drug-likeness (QED) is 0.729. The van der Waals surface area contributed by atoms with Crippen LogP contribution in [0.2, 0.25) is 0 Å². The normalized spacial score (nSPS) is 10.5. The molecule has 0 aliphatic heterocycles. The molecular formula is C6H4N2OS2. The zero-order valence-electron chi connectivity index (χ0n) is 5.40. The molecule has 0 spiro atoms. The molecule has 11 heavy (non-hydrogen) atoms. The molecule has 0 aromatic carbocycles. The summed E-state index contributed by atoms with van der Waals surface area (Å²) in [6.45, 7) is 0. The van der Waals surface area contributed by atoms with E-state index in [2.05, 4.69) is 4.98 Å². The smallest absolute Gasteiger partial charge is 0.277 e. The lowest BCUT2D eigenvalue weighted by atomic mass is 10.6. The molecule has 5 heteroatoms. The van der Waals surface area contributed by atoms with Gasteiger partial charge in [-0.2, -0.15) is 0 Å². The maximum absolute atomic E-state index is 10.6. The third kappa shape index (κ3) is 1.02. The van der Waals surface area contributed by atoms with Gasteiger partial charge in [0.25, 0.3) is 5.91 Å². The van der Waals surface area contributed by atoms with Crippen LogP contribution in [0.15, 0.2) is 11.4 Å². The van der Waals surface area contributed by atoms with Crippen LogP contribution in [0.3, 0.4) is 0 Å². The van der Waals surface area contributed by atoms with Crippen molar-refractivity contribution < 1.29 is 4.79 Å². The summed E-state index contributed by atoms with van der Waals surface area (Å²) in [7, 11) is 0. The van der Waals surface area contributed by atoms with Crippen LogP contribution in [-0.2, 0) is 0 Å². The predicted octanol–water partition coefficient (Wildman–Crippen LogP) is 1.46. The molecular weight excluding hydrogens is 180 g/mol. The number of aromatic nitrogens is 1. The molecule has 0 saturated carbocycles. The molecule has 0 bridgehead atoms. The van der Waals surface area contributed by atoms with E-state index in [9.17, 15) is 4.79 Å². The van der Waals surface area contributed by atoms with Gasteiger partial charge < -0.3 is 5.73 Å². The Morgan fingerprint density at radius 2 is 2.45 bits per heavy atom. The molecule has 2 heterocycles. The third-order valence-electron chi connectivity index (χ3n) is 1.23. The molecule has 56 valence electrons. The van der Waals surface area contributed by atoms with E-state index in [1.54, 1.807) is 11.3 Å². The Kier molecular flexibility index (Phi) is 1.40. The van der Waals surface area contributed by atoms with Crippen molar-refractivity contribution in [1.82, 2.24) is 4.98 Å². The molecule has 2 aromatic heterocycles. The monoisotopic (exact) mass is 184 g/mol.